The zero-order valence-electron chi connectivity index (χ0n) is 28.5. The number of hydrogen-bond donors (Lipinski definition) is 1. The molecule has 0 aliphatic rings. The molecule has 51 heavy (non-hydrogen) atoms. The summed E-state index contributed by atoms with van der Waals surface area (Å²) in [5, 5.41) is 21.5. The number of anilines is 1. The normalized spacial score (nSPS) is 11.6. The molecule has 0 aliphatic heterocycles. The number of phenolic OH excluding ortho intramolecular Hbond substituents is 1. The summed E-state index contributed by atoms with van der Waals surface area (Å²) in [6.07, 6.45) is -7.75. The number of aliphatic carboxylic acids is 1. The summed E-state index contributed by atoms with van der Waals surface area (Å²) in [4.78, 5) is 20.6. The molecule has 0 amide bonds. The van der Waals surface area contributed by atoms with Gasteiger partial charge in [0.2, 0.25) is 5.95 Å². The molecule has 1 N–H and O–H groups in total. The molecule has 0 atom stereocenters. The molecule has 1 heterocycles. The number of nitrogens with zero attached hydrogens (tertiary/aromatic N) is 3. The van der Waals surface area contributed by atoms with Crippen LogP contribution in [-0.4, -0.2) is 41.9 Å². The van der Waals surface area contributed by atoms with Crippen molar-refractivity contribution in [3.63, 3.8) is 0 Å². The largest absolute Gasteiger partial charge is 1.00 e. The van der Waals surface area contributed by atoms with Crippen LogP contribution in [0.25, 0.3) is 11.1 Å². The van der Waals surface area contributed by atoms with E-state index in [1.807, 2.05) is 26.0 Å². The number of aromatic hydroxyl groups is 1. The van der Waals surface area contributed by atoms with E-state index < -0.39 is 36.0 Å². The van der Waals surface area contributed by atoms with E-state index in [0.717, 1.165) is 5.56 Å². The minimum Gasteiger partial charge on any atom is -0.550 e. The fourth-order valence-electron chi connectivity index (χ4n) is 5.14. The Kier molecular flexibility index (Phi) is 14.0. The van der Waals surface area contributed by atoms with Crippen LogP contribution in [0, 0.1) is 0 Å². The average molecular weight is 730 g/mol. The maximum Gasteiger partial charge on any atom is 1.00 e. The molecule has 0 unspecified atom stereocenters. The number of hydrogen-bond acceptors (Lipinski definition) is 9. The SMILES string of the molecule is COc1cc(CN(Cc2cc(C(F)(F)F)cc(C(F)(F)F)c2)c2ncc(OCCCC(=O)[O-])cn2)c(-c2cc(C(C)C)ccc2OC)cc1O.[Na+]. The van der Waals surface area contributed by atoms with E-state index in [9.17, 15) is 41.4 Å². The van der Waals surface area contributed by atoms with Crippen LogP contribution in [0.2, 0.25) is 0 Å². The van der Waals surface area contributed by atoms with Crippen molar-refractivity contribution in [2.75, 3.05) is 25.7 Å². The molecule has 0 saturated carbocycles. The van der Waals surface area contributed by atoms with Gasteiger partial charge in [-0.3, -0.25) is 0 Å². The van der Waals surface area contributed by atoms with Crippen molar-refractivity contribution in [1.29, 1.82) is 0 Å². The summed E-state index contributed by atoms with van der Waals surface area (Å²) >= 11 is 0. The molecular formula is C35H34F6N3NaO6. The van der Waals surface area contributed by atoms with Crippen molar-refractivity contribution in [1.82, 2.24) is 9.97 Å². The fourth-order valence-corrected chi connectivity index (χ4v) is 5.14. The van der Waals surface area contributed by atoms with Gasteiger partial charge in [0.1, 0.15) is 5.75 Å². The summed E-state index contributed by atoms with van der Waals surface area (Å²) in [5.41, 5.74) is -0.914. The molecule has 0 radical (unpaired) electrons. The van der Waals surface area contributed by atoms with Gasteiger partial charge in [-0.15, -0.1) is 0 Å². The summed E-state index contributed by atoms with van der Waals surface area (Å²) in [6.45, 7) is 3.27. The van der Waals surface area contributed by atoms with Crippen LogP contribution < -0.4 is 53.8 Å². The van der Waals surface area contributed by atoms with Crippen LogP contribution in [0.1, 0.15) is 60.4 Å². The monoisotopic (exact) mass is 729 g/mol. The van der Waals surface area contributed by atoms with E-state index >= 15 is 0 Å². The number of aromatic nitrogens is 2. The van der Waals surface area contributed by atoms with Crippen molar-refractivity contribution in [3.8, 4) is 34.1 Å². The molecule has 3 aromatic carbocycles. The summed E-state index contributed by atoms with van der Waals surface area (Å²) in [7, 11) is 2.79. The van der Waals surface area contributed by atoms with Gasteiger partial charge in [0.25, 0.3) is 0 Å². The molecule has 0 saturated heterocycles. The Morgan fingerprint density at radius 1 is 0.863 bits per heavy atom. The van der Waals surface area contributed by atoms with Crippen LogP contribution >= 0.6 is 0 Å². The first kappa shape index (κ1) is 41.2. The van der Waals surface area contributed by atoms with Crippen molar-refractivity contribution in [3.05, 3.63) is 88.7 Å². The number of alkyl halides is 6. The van der Waals surface area contributed by atoms with Crippen molar-refractivity contribution >= 4 is 11.9 Å². The Morgan fingerprint density at radius 3 is 2.00 bits per heavy atom. The Bertz CT molecular complexity index is 1770. The predicted molar refractivity (Wildman–Crippen MR) is 169 cm³/mol. The number of carboxylic acid groups (broad SMARTS) is 1. The number of ether oxygens (including phenoxy) is 3. The topological polar surface area (TPSA) is 117 Å². The van der Waals surface area contributed by atoms with Crippen LogP contribution in [0.4, 0.5) is 32.3 Å². The number of rotatable bonds is 14. The first-order chi connectivity index (χ1) is 23.5. The van der Waals surface area contributed by atoms with E-state index in [1.54, 1.807) is 6.07 Å². The van der Waals surface area contributed by atoms with E-state index in [4.69, 9.17) is 14.2 Å². The van der Waals surface area contributed by atoms with E-state index in [-0.39, 0.29) is 96.3 Å². The molecule has 0 bridgehead atoms. The molecule has 268 valence electrons. The molecule has 0 aliphatic carbocycles. The Hall–Kier alpha value is -4.21. The number of halogens is 6. The predicted octanol–water partition coefficient (Wildman–Crippen LogP) is 4.15. The maximum atomic E-state index is 13.8. The van der Waals surface area contributed by atoms with Crippen LogP contribution in [0.15, 0.2) is 60.9 Å². The molecular weight excluding hydrogens is 695 g/mol. The van der Waals surface area contributed by atoms with Gasteiger partial charge >= 0.3 is 41.9 Å². The molecule has 4 aromatic rings. The van der Waals surface area contributed by atoms with E-state index in [0.29, 0.717) is 34.6 Å². The Balaban J connectivity index is 0.00000702. The van der Waals surface area contributed by atoms with Crippen LogP contribution in [0.3, 0.4) is 0 Å². The van der Waals surface area contributed by atoms with E-state index in [2.05, 4.69) is 9.97 Å². The van der Waals surface area contributed by atoms with Gasteiger partial charge in [-0.05, 0) is 83.5 Å². The van der Waals surface area contributed by atoms with Crippen LogP contribution in [0.5, 0.6) is 23.0 Å². The summed E-state index contributed by atoms with van der Waals surface area (Å²) in [5.74, 6) is -0.813. The fraction of sp³-hybridized carbons (Fsp3) is 0.343. The maximum absolute atomic E-state index is 13.8. The average Bonchev–Trinajstić information content (AvgIpc) is 3.05. The summed E-state index contributed by atoms with van der Waals surface area (Å²) in [6, 6.07) is 9.74. The minimum atomic E-state index is -5.07. The third-order valence-corrected chi connectivity index (χ3v) is 7.66. The zero-order chi connectivity index (χ0) is 36.8. The molecule has 0 spiro atoms. The van der Waals surface area contributed by atoms with Gasteiger partial charge in [-0.25, -0.2) is 9.97 Å². The molecule has 16 heteroatoms. The first-order valence-corrected chi connectivity index (χ1v) is 15.3. The number of carboxylic acids is 1. The van der Waals surface area contributed by atoms with Gasteiger partial charge in [0.05, 0.1) is 44.3 Å². The second-order valence-electron chi connectivity index (χ2n) is 11.6. The van der Waals surface area contributed by atoms with Gasteiger partial charge in [0, 0.05) is 24.6 Å². The number of carbonyl (C=O) groups is 1. The molecule has 0 fully saturated rings. The summed E-state index contributed by atoms with van der Waals surface area (Å²) < 4.78 is 99.1. The standard InChI is InChI=1S/C35H35F6N3O6.Na/c1-20(2)22-7-8-30(48-3)28(12-22)27-15-29(45)31(49-4)13-23(27)19-44(33-42-16-26(17-43-33)50-9-5-6-32(46)47)18-21-10-24(34(36,37)38)14-25(11-21)35(39,40)41;/h7-8,10-17,20,45H,5-6,9,18-19H2,1-4H3,(H,46,47);/q;+1/p-1. The van der Waals surface area contributed by atoms with Gasteiger partial charge < -0.3 is 34.1 Å². The molecule has 1 aromatic heterocycles. The Labute approximate surface area is 312 Å². The third kappa shape index (κ3) is 10.9. The molecule has 4 rings (SSSR count). The van der Waals surface area contributed by atoms with Crippen molar-refractivity contribution in [2.24, 2.45) is 0 Å². The van der Waals surface area contributed by atoms with Crippen molar-refractivity contribution in [2.45, 2.75) is 58.0 Å². The van der Waals surface area contributed by atoms with Crippen LogP contribution in [-0.2, 0) is 30.2 Å². The third-order valence-electron chi connectivity index (χ3n) is 7.66. The zero-order valence-corrected chi connectivity index (χ0v) is 30.5. The smallest absolute Gasteiger partial charge is 0.550 e. The number of methoxy groups -OCH3 is 2. The number of benzene rings is 3. The first-order valence-electron chi connectivity index (χ1n) is 15.3. The quantitative estimate of drug-likeness (QED) is 0.116. The minimum absolute atomic E-state index is 0. The number of carbonyl (C=O) groups excluding carboxylic acids is 1. The Morgan fingerprint density at radius 2 is 1.47 bits per heavy atom. The van der Waals surface area contributed by atoms with Gasteiger partial charge in [-0.2, -0.15) is 26.3 Å². The van der Waals surface area contributed by atoms with Gasteiger partial charge in [-0.1, -0.05) is 19.9 Å². The second kappa shape index (κ2) is 17.3. The number of phenols is 1. The second-order valence-corrected chi connectivity index (χ2v) is 11.6. The van der Waals surface area contributed by atoms with Crippen molar-refractivity contribution < 1.29 is 85.1 Å². The molecule has 9 nitrogen and oxygen atoms in total. The van der Waals surface area contributed by atoms with Gasteiger partial charge in [0.15, 0.2) is 17.2 Å². The van der Waals surface area contributed by atoms with E-state index in [1.165, 1.54) is 43.6 Å².